The Labute approximate surface area is 93.8 Å². The van der Waals surface area contributed by atoms with Crippen molar-refractivity contribution in [2.24, 2.45) is 23.7 Å². The normalized spacial score (nSPS) is 44.9. The van der Waals surface area contributed by atoms with Crippen molar-refractivity contribution in [2.75, 3.05) is 0 Å². The number of hydrogen-bond acceptors (Lipinski definition) is 3. The van der Waals surface area contributed by atoms with Crippen molar-refractivity contribution in [3.63, 3.8) is 0 Å². The minimum atomic E-state index is -0.217. The van der Waals surface area contributed by atoms with Gasteiger partial charge in [0.15, 0.2) is 0 Å². The Morgan fingerprint density at radius 2 is 1.56 bits per heavy atom. The zero-order valence-electron chi connectivity index (χ0n) is 9.23. The van der Waals surface area contributed by atoms with Crippen LogP contribution >= 0.6 is 0 Å². The molecule has 4 saturated carbocycles. The van der Waals surface area contributed by atoms with Crippen LogP contribution in [0.3, 0.4) is 0 Å². The van der Waals surface area contributed by atoms with E-state index in [1.54, 1.807) is 0 Å². The zero-order chi connectivity index (χ0) is 11.4. The molecule has 0 aromatic heterocycles. The van der Waals surface area contributed by atoms with Crippen LogP contribution in [-0.4, -0.2) is 23.5 Å². The lowest BCUT2D eigenvalue weighted by Gasteiger charge is -2.51. The first-order chi connectivity index (χ1) is 7.58. The van der Waals surface area contributed by atoms with E-state index in [2.05, 4.69) is 5.32 Å². The summed E-state index contributed by atoms with van der Waals surface area (Å²) in [5, 5.41) is 2.81. The monoisotopic (exact) mass is 221 g/mol. The summed E-state index contributed by atoms with van der Waals surface area (Å²) in [5.41, 5.74) is 0. The SMILES string of the molecule is CC(=O)NC1[C@@H]2C[C@H]3C[C@H](C[C@@H]1C3=O)C2=O. The molecule has 4 rings (SSSR count). The van der Waals surface area contributed by atoms with Gasteiger partial charge < -0.3 is 5.32 Å². The summed E-state index contributed by atoms with van der Waals surface area (Å²) in [7, 11) is 0. The van der Waals surface area contributed by atoms with Crippen LogP contribution in [0.15, 0.2) is 0 Å². The van der Waals surface area contributed by atoms with Crippen molar-refractivity contribution in [3.05, 3.63) is 0 Å². The maximum Gasteiger partial charge on any atom is 0.217 e. The average Bonchev–Trinajstić information content (AvgIpc) is 2.20. The van der Waals surface area contributed by atoms with Gasteiger partial charge in [0.25, 0.3) is 0 Å². The standard InChI is InChI=1S/C12H15NO3/c1-5(14)13-10-8-3-6-2-7(12(8)16)4-9(10)11(6)15/h6-10H,2-4H2,1H3,(H,13,14)/t6-,7-,8+,9+/m1/s1. The molecule has 0 saturated heterocycles. The molecule has 1 N–H and O–H groups in total. The van der Waals surface area contributed by atoms with E-state index in [9.17, 15) is 14.4 Å². The highest BCUT2D eigenvalue weighted by atomic mass is 16.2. The van der Waals surface area contributed by atoms with Crippen molar-refractivity contribution in [1.82, 2.24) is 5.32 Å². The van der Waals surface area contributed by atoms with E-state index in [4.69, 9.17) is 0 Å². The van der Waals surface area contributed by atoms with Crippen molar-refractivity contribution in [3.8, 4) is 0 Å². The Hall–Kier alpha value is -1.19. The van der Waals surface area contributed by atoms with Gasteiger partial charge in [-0.1, -0.05) is 0 Å². The van der Waals surface area contributed by atoms with Crippen LogP contribution in [0.2, 0.25) is 0 Å². The van der Waals surface area contributed by atoms with Crippen molar-refractivity contribution >= 4 is 17.5 Å². The highest BCUT2D eigenvalue weighted by Gasteiger charge is 2.57. The van der Waals surface area contributed by atoms with Crippen molar-refractivity contribution < 1.29 is 14.4 Å². The van der Waals surface area contributed by atoms with Gasteiger partial charge in [-0.15, -0.1) is 0 Å². The topological polar surface area (TPSA) is 63.2 Å². The van der Waals surface area contributed by atoms with E-state index in [-0.39, 0.29) is 47.2 Å². The number of carbonyl (C=O) groups excluding carboxylic acids is 3. The first-order valence-electron chi connectivity index (χ1n) is 5.92. The Morgan fingerprint density at radius 1 is 1.06 bits per heavy atom. The quantitative estimate of drug-likeness (QED) is 0.693. The van der Waals surface area contributed by atoms with Crippen LogP contribution < -0.4 is 5.32 Å². The van der Waals surface area contributed by atoms with Crippen LogP contribution in [0, 0.1) is 23.7 Å². The number of amides is 1. The van der Waals surface area contributed by atoms with E-state index in [0.717, 1.165) is 6.42 Å². The molecule has 4 bridgehead atoms. The number of rotatable bonds is 1. The van der Waals surface area contributed by atoms with Crippen molar-refractivity contribution in [1.29, 1.82) is 0 Å². The molecule has 4 heteroatoms. The summed E-state index contributed by atoms with van der Waals surface area (Å²) in [6, 6.07) is -0.217. The second-order valence-electron chi connectivity index (χ2n) is 5.34. The Balaban J connectivity index is 1.93. The Bertz CT molecular complexity index is 362. The summed E-state index contributed by atoms with van der Waals surface area (Å²) in [6.45, 7) is 1.44. The van der Waals surface area contributed by atoms with E-state index < -0.39 is 0 Å². The molecule has 4 atom stereocenters. The minimum absolute atomic E-state index is 0.0934. The molecular formula is C12H15NO3. The van der Waals surface area contributed by atoms with Gasteiger partial charge in [0.05, 0.1) is 0 Å². The van der Waals surface area contributed by atoms with Gasteiger partial charge in [0.1, 0.15) is 11.6 Å². The van der Waals surface area contributed by atoms with Crippen molar-refractivity contribution in [2.45, 2.75) is 32.2 Å². The lowest BCUT2D eigenvalue weighted by Crippen LogP contribution is -2.63. The molecular weight excluding hydrogens is 206 g/mol. The maximum atomic E-state index is 12.0. The third-order valence-corrected chi connectivity index (χ3v) is 4.42. The van der Waals surface area contributed by atoms with Gasteiger partial charge in [0.2, 0.25) is 5.91 Å². The fraction of sp³-hybridized carbons (Fsp3) is 0.750. The van der Waals surface area contributed by atoms with Crippen LogP contribution in [0.5, 0.6) is 0 Å². The van der Waals surface area contributed by atoms with Gasteiger partial charge in [-0.2, -0.15) is 0 Å². The molecule has 4 nitrogen and oxygen atoms in total. The molecule has 16 heavy (non-hydrogen) atoms. The third kappa shape index (κ3) is 1.19. The number of nitrogens with one attached hydrogen (secondary N) is 1. The molecule has 1 amide bonds. The summed E-state index contributed by atoms with van der Waals surface area (Å²) in [4.78, 5) is 35.1. The van der Waals surface area contributed by atoms with E-state index >= 15 is 0 Å². The summed E-state index contributed by atoms with van der Waals surface area (Å²) in [6.07, 6.45) is 2.09. The zero-order valence-corrected chi connectivity index (χ0v) is 9.23. The lowest BCUT2D eigenvalue weighted by molar-refractivity contribution is -0.154. The number of ketones is 2. The van der Waals surface area contributed by atoms with Gasteiger partial charge >= 0.3 is 0 Å². The summed E-state index contributed by atoms with van der Waals surface area (Å²) in [5.74, 6) is 0.414. The van der Waals surface area contributed by atoms with Crippen LogP contribution in [-0.2, 0) is 14.4 Å². The number of hydrogen-bond donors (Lipinski definition) is 1. The third-order valence-electron chi connectivity index (χ3n) is 4.42. The fourth-order valence-electron chi connectivity index (χ4n) is 3.81. The minimum Gasteiger partial charge on any atom is -0.352 e. The molecule has 0 aromatic carbocycles. The van der Waals surface area contributed by atoms with Gasteiger partial charge in [0, 0.05) is 36.6 Å². The summed E-state index contributed by atoms with van der Waals surface area (Å²) < 4.78 is 0. The largest absolute Gasteiger partial charge is 0.352 e. The molecule has 0 radical (unpaired) electrons. The van der Waals surface area contributed by atoms with Crippen LogP contribution in [0.1, 0.15) is 26.2 Å². The number of Topliss-reactive ketones (excluding diaryl/α,β-unsaturated/α-hetero) is 2. The van der Waals surface area contributed by atoms with E-state index in [0.29, 0.717) is 12.8 Å². The van der Waals surface area contributed by atoms with Crippen LogP contribution in [0.25, 0.3) is 0 Å². The van der Waals surface area contributed by atoms with Gasteiger partial charge in [-0.25, -0.2) is 0 Å². The molecule has 4 aliphatic rings. The predicted molar refractivity (Wildman–Crippen MR) is 55.4 cm³/mol. The first-order valence-corrected chi connectivity index (χ1v) is 5.92. The Kier molecular flexibility index (Phi) is 1.97. The predicted octanol–water partition coefficient (Wildman–Crippen LogP) is 0.305. The van der Waals surface area contributed by atoms with E-state index in [1.807, 2.05) is 0 Å². The smallest absolute Gasteiger partial charge is 0.217 e. The maximum absolute atomic E-state index is 12.0. The highest BCUT2D eigenvalue weighted by molar-refractivity contribution is 5.97. The molecule has 0 unspecified atom stereocenters. The molecule has 4 aliphatic carbocycles. The van der Waals surface area contributed by atoms with E-state index in [1.165, 1.54) is 6.92 Å². The average molecular weight is 221 g/mol. The highest BCUT2D eigenvalue weighted by Crippen LogP contribution is 2.50. The number of carbonyl (C=O) groups is 3. The second-order valence-corrected chi connectivity index (χ2v) is 5.34. The van der Waals surface area contributed by atoms with Gasteiger partial charge in [-0.3, -0.25) is 14.4 Å². The lowest BCUT2D eigenvalue weighted by atomic mass is 9.53. The second kappa shape index (κ2) is 3.15. The Morgan fingerprint density at radius 3 is 2.00 bits per heavy atom. The molecule has 0 heterocycles. The van der Waals surface area contributed by atoms with Crippen LogP contribution in [0.4, 0.5) is 0 Å². The molecule has 4 fully saturated rings. The fourth-order valence-corrected chi connectivity index (χ4v) is 3.81. The molecule has 0 aromatic rings. The first kappa shape index (κ1) is 10.00. The van der Waals surface area contributed by atoms with Gasteiger partial charge in [-0.05, 0) is 19.3 Å². The molecule has 0 spiro atoms. The summed E-state index contributed by atoms with van der Waals surface area (Å²) >= 11 is 0. The molecule has 86 valence electrons. The molecule has 0 aliphatic heterocycles.